The maximum absolute atomic E-state index is 11.9. The van der Waals surface area contributed by atoms with Crippen LogP contribution in [0.4, 0.5) is 0 Å². The van der Waals surface area contributed by atoms with Gasteiger partial charge >= 0.3 is 0 Å². The number of aromatic nitrogens is 3. The van der Waals surface area contributed by atoms with Gasteiger partial charge in [-0.05, 0) is 18.9 Å². The van der Waals surface area contributed by atoms with E-state index in [0.717, 1.165) is 17.6 Å². The van der Waals surface area contributed by atoms with E-state index < -0.39 is 6.10 Å². The summed E-state index contributed by atoms with van der Waals surface area (Å²) < 4.78 is 1.84. The molecule has 0 aliphatic carbocycles. The maximum atomic E-state index is 11.9. The molecule has 0 aliphatic heterocycles. The summed E-state index contributed by atoms with van der Waals surface area (Å²) in [6, 6.07) is 1.77. The molecule has 0 fully saturated rings. The highest BCUT2D eigenvalue weighted by Crippen LogP contribution is 2.14. The third-order valence-corrected chi connectivity index (χ3v) is 2.83. The molecule has 0 aromatic carbocycles. The van der Waals surface area contributed by atoms with Crippen molar-refractivity contribution in [1.82, 2.24) is 20.1 Å². The van der Waals surface area contributed by atoms with Gasteiger partial charge in [-0.2, -0.15) is 5.10 Å². The molecule has 6 heteroatoms. The first-order valence-corrected chi connectivity index (χ1v) is 6.75. The predicted octanol–water partition coefficient (Wildman–Crippen LogP) is 1.20. The van der Waals surface area contributed by atoms with Gasteiger partial charge in [0.05, 0.1) is 17.9 Å². The van der Waals surface area contributed by atoms with E-state index in [4.69, 9.17) is 5.11 Å². The van der Waals surface area contributed by atoms with Crippen LogP contribution < -0.4 is 5.32 Å². The number of aliphatic hydroxyl groups is 1. The van der Waals surface area contributed by atoms with Gasteiger partial charge in [0.2, 0.25) is 0 Å². The molecule has 2 N–H and O–H groups in total. The first-order chi connectivity index (χ1) is 9.47. The van der Waals surface area contributed by atoms with Crippen molar-refractivity contribution in [1.29, 1.82) is 0 Å². The van der Waals surface area contributed by atoms with E-state index in [-0.39, 0.29) is 12.5 Å². The number of fused-ring (bicyclic) bond motifs is 1. The molecule has 2 heterocycles. The zero-order valence-electron chi connectivity index (χ0n) is 12.0. The van der Waals surface area contributed by atoms with E-state index in [1.54, 1.807) is 19.2 Å². The van der Waals surface area contributed by atoms with Crippen LogP contribution in [0, 0.1) is 5.92 Å². The largest absolute Gasteiger partial charge is 0.392 e. The summed E-state index contributed by atoms with van der Waals surface area (Å²) in [5, 5.41) is 16.9. The minimum atomic E-state index is -0.565. The van der Waals surface area contributed by atoms with Gasteiger partial charge in [-0.1, -0.05) is 13.8 Å². The van der Waals surface area contributed by atoms with Crippen LogP contribution in [0.1, 0.15) is 31.1 Å². The fourth-order valence-corrected chi connectivity index (χ4v) is 1.92. The minimum absolute atomic E-state index is 0.226. The lowest BCUT2D eigenvalue weighted by molar-refractivity contribution is 0.0924. The molecule has 2 aromatic heterocycles. The van der Waals surface area contributed by atoms with Crippen LogP contribution in [0.5, 0.6) is 0 Å². The molecule has 1 unspecified atom stereocenters. The van der Waals surface area contributed by atoms with Crippen LogP contribution in [0.15, 0.2) is 18.5 Å². The highest BCUT2D eigenvalue weighted by Gasteiger charge is 2.11. The minimum Gasteiger partial charge on any atom is -0.392 e. The molecule has 0 radical (unpaired) electrons. The summed E-state index contributed by atoms with van der Waals surface area (Å²) in [5.41, 5.74) is 1.26. The Morgan fingerprint density at radius 1 is 1.40 bits per heavy atom. The third kappa shape index (κ3) is 3.33. The first-order valence-electron chi connectivity index (χ1n) is 6.75. The Hall–Kier alpha value is -1.95. The SMILES string of the molecule is CC(C)Cn1ncc2cc(C(=O)NCC(C)O)cnc21. The quantitative estimate of drug-likeness (QED) is 0.860. The second-order valence-corrected chi connectivity index (χ2v) is 5.42. The maximum Gasteiger partial charge on any atom is 0.252 e. The Labute approximate surface area is 117 Å². The summed E-state index contributed by atoms with van der Waals surface area (Å²) in [5.74, 6) is 0.242. The molecule has 2 aromatic rings. The van der Waals surface area contributed by atoms with E-state index in [0.29, 0.717) is 11.5 Å². The Morgan fingerprint density at radius 2 is 2.15 bits per heavy atom. The number of carbonyl (C=O) groups is 1. The van der Waals surface area contributed by atoms with Gasteiger partial charge in [-0.15, -0.1) is 0 Å². The summed E-state index contributed by atoms with van der Waals surface area (Å²) in [6.45, 7) is 6.88. The molecule has 0 saturated heterocycles. The molecule has 0 spiro atoms. The number of hydrogen-bond acceptors (Lipinski definition) is 4. The molecule has 0 saturated carbocycles. The molecule has 20 heavy (non-hydrogen) atoms. The monoisotopic (exact) mass is 276 g/mol. The summed E-state index contributed by atoms with van der Waals surface area (Å²) >= 11 is 0. The average Bonchev–Trinajstić information content (AvgIpc) is 2.77. The smallest absolute Gasteiger partial charge is 0.252 e. The van der Waals surface area contributed by atoms with Crippen molar-refractivity contribution in [2.24, 2.45) is 5.92 Å². The number of aliphatic hydroxyl groups excluding tert-OH is 1. The van der Waals surface area contributed by atoms with Crippen LogP contribution in [0.2, 0.25) is 0 Å². The van der Waals surface area contributed by atoms with Crippen LogP contribution in [-0.2, 0) is 6.54 Å². The van der Waals surface area contributed by atoms with Crippen molar-refractivity contribution in [3.05, 3.63) is 24.0 Å². The van der Waals surface area contributed by atoms with Crippen molar-refractivity contribution in [2.45, 2.75) is 33.4 Å². The Morgan fingerprint density at radius 3 is 2.80 bits per heavy atom. The van der Waals surface area contributed by atoms with E-state index in [9.17, 15) is 4.79 Å². The normalized spacial score (nSPS) is 12.8. The second-order valence-electron chi connectivity index (χ2n) is 5.42. The topological polar surface area (TPSA) is 80.0 Å². The summed E-state index contributed by atoms with van der Waals surface area (Å²) in [7, 11) is 0. The molecule has 0 bridgehead atoms. The Bertz CT molecular complexity index is 604. The Balaban J connectivity index is 2.20. The number of nitrogens with zero attached hydrogens (tertiary/aromatic N) is 3. The van der Waals surface area contributed by atoms with Crippen LogP contribution >= 0.6 is 0 Å². The number of carbonyl (C=O) groups excluding carboxylic acids is 1. The lowest BCUT2D eigenvalue weighted by atomic mass is 10.2. The molecular formula is C14H20N4O2. The second kappa shape index (κ2) is 6.00. The predicted molar refractivity (Wildman–Crippen MR) is 76.4 cm³/mol. The van der Waals surface area contributed by atoms with Crippen molar-refractivity contribution in [2.75, 3.05) is 6.54 Å². The first kappa shape index (κ1) is 14.5. The number of rotatable bonds is 5. The number of nitrogens with one attached hydrogen (secondary N) is 1. The molecule has 1 atom stereocenters. The fraction of sp³-hybridized carbons (Fsp3) is 0.500. The molecule has 108 valence electrons. The number of pyridine rings is 1. The van der Waals surface area contributed by atoms with E-state index in [1.165, 1.54) is 6.20 Å². The van der Waals surface area contributed by atoms with Crippen molar-refractivity contribution < 1.29 is 9.90 Å². The Kier molecular flexibility index (Phi) is 4.34. The molecule has 6 nitrogen and oxygen atoms in total. The van der Waals surface area contributed by atoms with Gasteiger partial charge in [0.25, 0.3) is 5.91 Å². The van der Waals surface area contributed by atoms with E-state index >= 15 is 0 Å². The van der Waals surface area contributed by atoms with Crippen LogP contribution in [-0.4, -0.2) is 38.4 Å². The van der Waals surface area contributed by atoms with Gasteiger partial charge < -0.3 is 10.4 Å². The fourth-order valence-electron chi connectivity index (χ4n) is 1.92. The molecule has 0 aliphatic rings. The van der Waals surface area contributed by atoms with Gasteiger partial charge in [-0.3, -0.25) is 4.79 Å². The third-order valence-electron chi connectivity index (χ3n) is 2.83. The summed E-state index contributed by atoms with van der Waals surface area (Å²) in [4.78, 5) is 16.2. The average molecular weight is 276 g/mol. The molecule has 2 rings (SSSR count). The van der Waals surface area contributed by atoms with Gasteiger partial charge in [0.1, 0.15) is 0 Å². The zero-order valence-corrected chi connectivity index (χ0v) is 12.0. The van der Waals surface area contributed by atoms with Crippen LogP contribution in [0.25, 0.3) is 11.0 Å². The molecular weight excluding hydrogens is 256 g/mol. The van der Waals surface area contributed by atoms with E-state index in [1.807, 2.05) is 4.68 Å². The zero-order chi connectivity index (χ0) is 14.7. The number of hydrogen-bond donors (Lipinski definition) is 2. The number of amides is 1. The van der Waals surface area contributed by atoms with Gasteiger partial charge in [-0.25, -0.2) is 9.67 Å². The summed E-state index contributed by atoms with van der Waals surface area (Å²) in [6.07, 6.45) is 2.69. The van der Waals surface area contributed by atoms with Gasteiger partial charge in [0.15, 0.2) is 5.65 Å². The lowest BCUT2D eigenvalue weighted by Crippen LogP contribution is -2.30. The van der Waals surface area contributed by atoms with Crippen molar-refractivity contribution in [3.63, 3.8) is 0 Å². The highest BCUT2D eigenvalue weighted by atomic mass is 16.3. The lowest BCUT2D eigenvalue weighted by Gasteiger charge is -2.08. The highest BCUT2D eigenvalue weighted by molar-refractivity contribution is 5.96. The van der Waals surface area contributed by atoms with Gasteiger partial charge in [0, 0.05) is 24.7 Å². The van der Waals surface area contributed by atoms with Crippen molar-refractivity contribution >= 4 is 16.9 Å². The van der Waals surface area contributed by atoms with Crippen LogP contribution in [0.3, 0.4) is 0 Å². The standard InChI is InChI=1S/C14H20N4O2/c1-9(2)8-18-13-11(7-17-18)4-12(6-15-13)14(20)16-5-10(3)19/h4,6-7,9-10,19H,5,8H2,1-3H3,(H,16,20). The van der Waals surface area contributed by atoms with E-state index in [2.05, 4.69) is 29.2 Å². The molecule has 1 amide bonds. The van der Waals surface area contributed by atoms with Crippen molar-refractivity contribution in [3.8, 4) is 0 Å².